The Morgan fingerprint density at radius 2 is 1.81 bits per heavy atom. The highest BCUT2D eigenvalue weighted by Gasteiger charge is 2.05. The molecule has 0 bridgehead atoms. The molecule has 27 heavy (non-hydrogen) atoms. The number of aromatic nitrogens is 2. The molecular weight excluding hydrogens is 463 g/mol. The lowest BCUT2D eigenvalue weighted by Gasteiger charge is -2.13. The lowest BCUT2D eigenvalue weighted by Crippen LogP contribution is -2.36. The van der Waals surface area contributed by atoms with Crippen molar-refractivity contribution in [2.45, 2.75) is 13.1 Å². The Morgan fingerprint density at radius 1 is 1.07 bits per heavy atom. The van der Waals surface area contributed by atoms with Gasteiger partial charge in [0, 0.05) is 38.1 Å². The summed E-state index contributed by atoms with van der Waals surface area (Å²) in [5.41, 5.74) is 2.28. The minimum atomic E-state index is -0.469. The molecule has 8 heteroatoms. The van der Waals surface area contributed by atoms with Crippen LogP contribution in [0.3, 0.4) is 0 Å². The molecule has 0 spiro atoms. The molecule has 5 nitrogen and oxygen atoms in total. The van der Waals surface area contributed by atoms with Gasteiger partial charge in [0.25, 0.3) is 0 Å². The van der Waals surface area contributed by atoms with Crippen LogP contribution < -0.4 is 10.6 Å². The summed E-state index contributed by atoms with van der Waals surface area (Å²) in [5.74, 6) is -0.420. The molecule has 0 atom stereocenters. The van der Waals surface area contributed by atoms with E-state index >= 15 is 0 Å². The highest BCUT2D eigenvalue weighted by molar-refractivity contribution is 14.0. The minimum Gasteiger partial charge on any atom is -0.352 e. The molecule has 0 aliphatic carbocycles. The number of hydrogen-bond donors (Lipinski definition) is 2. The van der Waals surface area contributed by atoms with Crippen molar-refractivity contribution in [3.05, 3.63) is 83.7 Å². The van der Waals surface area contributed by atoms with E-state index in [9.17, 15) is 8.78 Å². The number of nitrogens with one attached hydrogen (secondary N) is 2. The van der Waals surface area contributed by atoms with Crippen LogP contribution in [0.1, 0.15) is 11.1 Å². The number of benzene rings is 2. The number of halogens is 3. The zero-order valence-corrected chi connectivity index (χ0v) is 17.0. The third-order valence-corrected chi connectivity index (χ3v) is 3.84. The van der Waals surface area contributed by atoms with Crippen molar-refractivity contribution in [2.75, 3.05) is 7.05 Å². The summed E-state index contributed by atoms with van der Waals surface area (Å²) in [6.45, 7) is 0.687. The molecule has 0 unspecified atom stereocenters. The molecule has 2 N–H and O–H groups in total. The van der Waals surface area contributed by atoms with Gasteiger partial charge in [-0.1, -0.05) is 12.1 Å². The Hall–Kier alpha value is -2.49. The molecule has 3 rings (SSSR count). The molecule has 1 heterocycles. The van der Waals surface area contributed by atoms with Gasteiger partial charge in [0.2, 0.25) is 0 Å². The molecule has 0 amide bonds. The van der Waals surface area contributed by atoms with E-state index in [1.54, 1.807) is 17.9 Å². The lowest BCUT2D eigenvalue weighted by atomic mass is 10.2. The zero-order chi connectivity index (χ0) is 18.4. The van der Waals surface area contributed by atoms with Crippen LogP contribution in [0.5, 0.6) is 0 Å². The van der Waals surface area contributed by atoms with Gasteiger partial charge in [-0.05, 0) is 42.0 Å². The van der Waals surface area contributed by atoms with Crippen molar-refractivity contribution in [2.24, 2.45) is 4.99 Å². The summed E-state index contributed by atoms with van der Waals surface area (Å²) in [4.78, 5) is 4.09. The zero-order valence-electron chi connectivity index (χ0n) is 14.7. The van der Waals surface area contributed by atoms with Crippen LogP contribution in [0.15, 0.2) is 65.9 Å². The highest BCUT2D eigenvalue weighted by Crippen LogP contribution is 2.10. The van der Waals surface area contributed by atoms with Crippen LogP contribution in [0.25, 0.3) is 5.69 Å². The molecule has 0 radical (unpaired) electrons. The van der Waals surface area contributed by atoms with Gasteiger partial charge in [-0.25, -0.2) is 13.5 Å². The maximum atomic E-state index is 13.7. The van der Waals surface area contributed by atoms with Crippen molar-refractivity contribution in [3.63, 3.8) is 0 Å². The number of nitrogens with zero attached hydrogens (tertiary/aromatic N) is 3. The summed E-state index contributed by atoms with van der Waals surface area (Å²) in [7, 11) is 1.62. The Balaban J connectivity index is 0.00000261. The van der Waals surface area contributed by atoms with E-state index in [2.05, 4.69) is 20.7 Å². The summed E-state index contributed by atoms with van der Waals surface area (Å²) < 4.78 is 28.6. The molecular formula is C19H20F2IN5. The van der Waals surface area contributed by atoms with Crippen molar-refractivity contribution in [1.29, 1.82) is 0 Å². The quantitative estimate of drug-likeness (QED) is 0.331. The first-order chi connectivity index (χ1) is 12.7. The second-order valence-electron chi connectivity index (χ2n) is 5.63. The summed E-state index contributed by atoms with van der Waals surface area (Å²) in [6.07, 6.45) is 3.61. The Kier molecular flexibility index (Phi) is 7.71. The van der Waals surface area contributed by atoms with E-state index in [1.165, 1.54) is 6.07 Å². The van der Waals surface area contributed by atoms with E-state index in [0.717, 1.165) is 23.4 Å². The average molecular weight is 483 g/mol. The fourth-order valence-corrected chi connectivity index (χ4v) is 2.45. The first-order valence-electron chi connectivity index (χ1n) is 8.13. The Morgan fingerprint density at radius 3 is 2.48 bits per heavy atom. The van der Waals surface area contributed by atoms with Crippen molar-refractivity contribution in [1.82, 2.24) is 20.4 Å². The number of hydrogen-bond acceptors (Lipinski definition) is 2. The number of guanidine groups is 1. The molecule has 1 aromatic heterocycles. The molecule has 142 valence electrons. The van der Waals surface area contributed by atoms with Gasteiger partial charge in [0.1, 0.15) is 11.6 Å². The summed E-state index contributed by atoms with van der Waals surface area (Å²) in [5, 5.41) is 10.3. The Labute approximate surface area is 173 Å². The SMILES string of the molecule is CN=C(NCc1ccc(-n2cccn2)cc1)NCc1cc(F)ccc1F.I. The summed E-state index contributed by atoms with van der Waals surface area (Å²) in [6, 6.07) is 13.2. The number of rotatable bonds is 5. The molecule has 0 fully saturated rings. The normalized spacial score (nSPS) is 11.0. The second-order valence-corrected chi connectivity index (χ2v) is 5.63. The maximum absolute atomic E-state index is 13.7. The Bertz CT molecular complexity index is 880. The van der Waals surface area contributed by atoms with Gasteiger partial charge in [-0.3, -0.25) is 4.99 Å². The average Bonchev–Trinajstić information content (AvgIpc) is 3.20. The first kappa shape index (κ1) is 20.8. The predicted molar refractivity (Wildman–Crippen MR) is 112 cm³/mol. The van der Waals surface area contributed by atoms with E-state index in [1.807, 2.05) is 36.5 Å². The van der Waals surface area contributed by atoms with Gasteiger partial charge < -0.3 is 10.6 Å². The van der Waals surface area contributed by atoms with E-state index < -0.39 is 11.6 Å². The largest absolute Gasteiger partial charge is 0.352 e. The van der Waals surface area contributed by atoms with Crippen LogP contribution in [0.2, 0.25) is 0 Å². The summed E-state index contributed by atoms with van der Waals surface area (Å²) >= 11 is 0. The van der Waals surface area contributed by atoms with Crippen LogP contribution in [-0.4, -0.2) is 22.8 Å². The monoisotopic (exact) mass is 483 g/mol. The molecule has 0 saturated carbocycles. The second kappa shape index (κ2) is 10.0. The third kappa shape index (κ3) is 5.75. The van der Waals surface area contributed by atoms with Crippen LogP contribution in [0.4, 0.5) is 8.78 Å². The fraction of sp³-hybridized carbons (Fsp3) is 0.158. The maximum Gasteiger partial charge on any atom is 0.191 e. The molecule has 0 aliphatic heterocycles. The van der Waals surface area contributed by atoms with Crippen LogP contribution in [-0.2, 0) is 13.1 Å². The van der Waals surface area contributed by atoms with Crippen molar-refractivity contribution < 1.29 is 8.78 Å². The minimum absolute atomic E-state index is 0. The molecule has 3 aromatic rings. The van der Waals surface area contributed by atoms with E-state index in [0.29, 0.717) is 12.5 Å². The number of aliphatic imine (C=N–C) groups is 1. The molecule has 0 saturated heterocycles. The van der Waals surface area contributed by atoms with Crippen LogP contribution in [0, 0.1) is 11.6 Å². The third-order valence-electron chi connectivity index (χ3n) is 3.84. The van der Waals surface area contributed by atoms with Gasteiger partial charge in [0.15, 0.2) is 5.96 Å². The van der Waals surface area contributed by atoms with Crippen molar-refractivity contribution >= 4 is 29.9 Å². The first-order valence-corrected chi connectivity index (χ1v) is 8.13. The van der Waals surface area contributed by atoms with Gasteiger partial charge in [-0.2, -0.15) is 5.10 Å². The fourth-order valence-electron chi connectivity index (χ4n) is 2.45. The topological polar surface area (TPSA) is 54.2 Å². The smallest absolute Gasteiger partial charge is 0.191 e. The van der Waals surface area contributed by atoms with E-state index in [4.69, 9.17) is 0 Å². The lowest BCUT2D eigenvalue weighted by molar-refractivity contribution is 0.581. The van der Waals surface area contributed by atoms with E-state index in [-0.39, 0.29) is 36.1 Å². The molecule has 0 aliphatic rings. The van der Waals surface area contributed by atoms with Crippen molar-refractivity contribution in [3.8, 4) is 5.69 Å². The standard InChI is InChI=1S/C19H19F2N5.HI/c1-22-19(24-13-15-11-16(20)5-8-18(15)21)23-12-14-3-6-17(7-4-14)26-10-2-9-25-26;/h2-11H,12-13H2,1H3,(H2,22,23,24);1H. The van der Waals surface area contributed by atoms with Crippen LogP contribution >= 0.6 is 24.0 Å². The van der Waals surface area contributed by atoms with Gasteiger partial charge in [0.05, 0.1) is 5.69 Å². The van der Waals surface area contributed by atoms with Gasteiger partial charge >= 0.3 is 0 Å². The van der Waals surface area contributed by atoms with Gasteiger partial charge in [-0.15, -0.1) is 24.0 Å². The predicted octanol–water partition coefficient (Wildman–Crippen LogP) is 3.63. The highest BCUT2D eigenvalue weighted by atomic mass is 127. The molecule has 2 aromatic carbocycles.